The molecule has 2 aromatic carbocycles. The van der Waals surface area contributed by atoms with Crippen LogP contribution in [0, 0.1) is 5.82 Å². The third-order valence-corrected chi connectivity index (χ3v) is 6.44. The predicted octanol–water partition coefficient (Wildman–Crippen LogP) is 4.89. The van der Waals surface area contributed by atoms with Gasteiger partial charge in [0.05, 0.1) is 36.1 Å². The van der Waals surface area contributed by atoms with E-state index in [2.05, 4.69) is 9.88 Å². The van der Waals surface area contributed by atoms with Crippen LogP contribution in [-0.4, -0.2) is 62.3 Å². The number of methoxy groups -OCH3 is 1. The fourth-order valence-electron chi connectivity index (χ4n) is 3.56. The fraction of sp³-hybridized carbons (Fsp3) is 0.364. The molecule has 1 aromatic heterocycles. The molecule has 172 valence electrons. The van der Waals surface area contributed by atoms with Crippen molar-refractivity contribution >= 4 is 56.6 Å². The number of fused-ring (bicyclic) bond motifs is 1. The first-order valence-electron chi connectivity index (χ1n) is 10.1. The average molecular weight is 500 g/mol. The Labute approximate surface area is 201 Å². The minimum absolute atomic E-state index is 0. The number of benzene rings is 2. The van der Waals surface area contributed by atoms with Crippen LogP contribution in [0.5, 0.6) is 5.75 Å². The molecule has 0 unspecified atom stereocenters. The van der Waals surface area contributed by atoms with Gasteiger partial charge in [0.1, 0.15) is 11.6 Å². The Kier molecular flexibility index (Phi) is 8.67. The fourth-order valence-corrected chi connectivity index (χ4v) is 4.74. The number of carbonyl (C=O) groups excluding carboxylic acids is 1. The summed E-state index contributed by atoms with van der Waals surface area (Å²) in [6, 6.07) is 9.39. The minimum Gasteiger partial charge on any atom is -0.496 e. The van der Waals surface area contributed by atoms with Gasteiger partial charge in [0.25, 0.3) is 5.91 Å². The molecule has 1 fully saturated rings. The van der Waals surface area contributed by atoms with Crippen LogP contribution < -0.4 is 9.64 Å². The topological polar surface area (TPSA) is 54.9 Å². The summed E-state index contributed by atoms with van der Waals surface area (Å²) in [6.45, 7) is 4.54. The SMILES string of the molecule is COc1ccc(Cl)cc1C(=O)N(CCCN1CCOCC1)c1nc2ccc(F)cc2s1.Cl. The Balaban J connectivity index is 0.00000289. The van der Waals surface area contributed by atoms with Crippen molar-refractivity contribution < 1.29 is 18.7 Å². The monoisotopic (exact) mass is 499 g/mol. The van der Waals surface area contributed by atoms with Crippen molar-refractivity contribution in [3.63, 3.8) is 0 Å². The highest BCUT2D eigenvalue weighted by Crippen LogP contribution is 2.32. The second-order valence-corrected chi connectivity index (χ2v) is 8.66. The number of hydrogen-bond donors (Lipinski definition) is 0. The highest BCUT2D eigenvalue weighted by molar-refractivity contribution is 7.22. The zero-order chi connectivity index (χ0) is 21.8. The maximum absolute atomic E-state index is 13.7. The van der Waals surface area contributed by atoms with E-state index in [0.717, 1.165) is 39.3 Å². The number of halogens is 3. The number of ether oxygens (including phenoxy) is 2. The van der Waals surface area contributed by atoms with E-state index in [1.807, 2.05) is 0 Å². The lowest BCUT2D eigenvalue weighted by molar-refractivity contribution is 0.0376. The average Bonchev–Trinajstić information content (AvgIpc) is 3.19. The van der Waals surface area contributed by atoms with Gasteiger partial charge in [-0.3, -0.25) is 14.6 Å². The second-order valence-electron chi connectivity index (χ2n) is 7.22. The van der Waals surface area contributed by atoms with E-state index in [0.29, 0.717) is 38.2 Å². The van der Waals surface area contributed by atoms with Gasteiger partial charge in [-0.25, -0.2) is 9.37 Å². The van der Waals surface area contributed by atoms with E-state index in [4.69, 9.17) is 21.1 Å². The van der Waals surface area contributed by atoms with Crippen molar-refractivity contribution in [2.75, 3.05) is 51.4 Å². The van der Waals surface area contributed by atoms with E-state index in [-0.39, 0.29) is 24.1 Å². The first kappa shape index (κ1) is 24.7. The van der Waals surface area contributed by atoms with Crippen molar-refractivity contribution in [2.45, 2.75) is 6.42 Å². The van der Waals surface area contributed by atoms with Crippen LogP contribution in [0.15, 0.2) is 36.4 Å². The lowest BCUT2D eigenvalue weighted by atomic mass is 10.1. The summed E-state index contributed by atoms with van der Waals surface area (Å²) in [5.74, 6) is -0.134. The molecule has 0 bridgehead atoms. The summed E-state index contributed by atoms with van der Waals surface area (Å²) in [6.07, 6.45) is 0.763. The highest BCUT2D eigenvalue weighted by Gasteiger charge is 2.25. The second kappa shape index (κ2) is 11.2. The maximum atomic E-state index is 13.7. The molecule has 2 heterocycles. The smallest absolute Gasteiger partial charge is 0.263 e. The van der Waals surface area contributed by atoms with Gasteiger partial charge in [-0.2, -0.15) is 0 Å². The van der Waals surface area contributed by atoms with Gasteiger partial charge >= 0.3 is 0 Å². The molecule has 0 aliphatic carbocycles. The van der Waals surface area contributed by atoms with Crippen LogP contribution in [0.1, 0.15) is 16.8 Å². The molecule has 6 nitrogen and oxygen atoms in total. The number of anilines is 1. The standard InChI is InChI=1S/C22H23ClFN3O3S.ClH/c1-29-19-6-3-15(23)13-17(19)21(28)27(8-2-7-26-9-11-30-12-10-26)22-25-18-5-4-16(24)14-20(18)31-22;/h3-6,13-14H,2,7-12H2,1H3;1H. The number of rotatable bonds is 7. The van der Waals surface area contributed by atoms with Crippen molar-refractivity contribution in [1.29, 1.82) is 0 Å². The summed E-state index contributed by atoms with van der Waals surface area (Å²) in [5.41, 5.74) is 1.03. The van der Waals surface area contributed by atoms with Crippen LogP contribution in [0.2, 0.25) is 5.02 Å². The number of aromatic nitrogens is 1. The van der Waals surface area contributed by atoms with Gasteiger partial charge in [0, 0.05) is 31.2 Å². The maximum Gasteiger partial charge on any atom is 0.263 e. The van der Waals surface area contributed by atoms with Gasteiger partial charge in [-0.05, 0) is 42.8 Å². The van der Waals surface area contributed by atoms with Gasteiger partial charge in [-0.15, -0.1) is 12.4 Å². The van der Waals surface area contributed by atoms with Crippen LogP contribution in [0.25, 0.3) is 10.2 Å². The van der Waals surface area contributed by atoms with Gasteiger partial charge in [-0.1, -0.05) is 22.9 Å². The Morgan fingerprint density at radius 2 is 2.06 bits per heavy atom. The van der Waals surface area contributed by atoms with Gasteiger partial charge in [0.15, 0.2) is 5.13 Å². The molecule has 0 saturated carbocycles. The van der Waals surface area contributed by atoms with E-state index in [9.17, 15) is 9.18 Å². The summed E-state index contributed by atoms with van der Waals surface area (Å²) >= 11 is 7.45. The first-order valence-corrected chi connectivity index (χ1v) is 11.3. The molecule has 4 rings (SSSR count). The lowest BCUT2D eigenvalue weighted by Crippen LogP contribution is -2.39. The van der Waals surface area contributed by atoms with Crippen LogP contribution in [-0.2, 0) is 4.74 Å². The minimum atomic E-state index is -0.329. The molecule has 0 N–H and O–H groups in total. The summed E-state index contributed by atoms with van der Waals surface area (Å²) in [5, 5.41) is 0.971. The third kappa shape index (κ3) is 5.68. The molecule has 10 heteroatoms. The molecule has 0 radical (unpaired) electrons. The van der Waals surface area contributed by atoms with Crippen LogP contribution in [0.4, 0.5) is 9.52 Å². The number of thiazole rings is 1. The lowest BCUT2D eigenvalue weighted by Gasteiger charge is -2.28. The quantitative estimate of drug-likeness (QED) is 0.463. The third-order valence-electron chi connectivity index (χ3n) is 5.17. The van der Waals surface area contributed by atoms with Crippen molar-refractivity contribution in [2.24, 2.45) is 0 Å². The highest BCUT2D eigenvalue weighted by atomic mass is 35.5. The number of hydrogen-bond acceptors (Lipinski definition) is 6. The summed E-state index contributed by atoms with van der Waals surface area (Å²) in [4.78, 5) is 22.1. The van der Waals surface area contributed by atoms with Crippen LogP contribution in [0.3, 0.4) is 0 Å². The largest absolute Gasteiger partial charge is 0.496 e. The van der Waals surface area contributed by atoms with Crippen molar-refractivity contribution in [3.8, 4) is 5.75 Å². The molecular formula is C22H24Cl2FN3O3S. The molecule has 0 atom stereocenters. The molecular weight excluding hydrogens is 476 g/mol. The molecule has 1 saturated heterocycles. The molecule has 3 aromatic rings. The predicted molar refractivity (Wildman–Crippen MR) is 128 cm³/mol. The van der Waals surface area contributed by atoms with E-state index >= 15 is 0 Å². The number of carbonyl (C=O) groups is 1. The molecule has 1 amide bonds. The first-order chi connectivity index (χ1) is 15.0. The van der Waals surface area contributed by atoms with Crippen molar-refractivity contribution in [3.05, 3.63) is 52.8 Å². The zero-order valence-corrected chi connectivity index (χ0v) is 19.9. The van der Waals surface area contributed by atoms with E-state index < -0.39 is 0 Å². The number of amides is 1. The Morgan fingerprint density at radius 3 is 2.81 bits per heavy atom. The Bertz CT molecular complexity index is 1080. The Morgan fingerprint density at radius 1 is 1.28 bits per heavy atom. The molecule has 32 heavy (non-hydrogen) atoms. The zero-order valence-electron chi connectivity index (χ0n) is 17.6. The Hall–Kier alpha value is -1.97. The number of nitrogens with zero attached hydrogens (tertiary/aromatic N) is 3. The van der Waals surface area contributed by atoms with Gasteiger partial charge in [0.2, 0.25) is 0 Å². The van der Waals surface area contributed by atoms with Gasteiger partial charge < -0.3 is 9.47 Å². The molecule has 1 aliphatic heterocycles. The summed E-state index contributed by atoms with van der Waals surface area (Å²) < 4.78 is 25.2. The van der Waals surface area contributed by atoms with E-state index in [1.54, 1.807) is 29.2 Å². The summed E-state index contributed by atoms with van der Waals surface area (Å²) in [7, 11) is 1.52. The molecule has 0 spiro atoms. The number of morpholine rings is 1. The normalized spacial score (nSPS) is 14.2. The van der Waals surface area contributed by atoms with Crippen LogP contribution >= 0.6 is 35.3 Å². The molecule has 1 aliphatic rings. The van der Waals surface area contributed by atoms with E-state index in [1.165, 1.54) is 30.6 Å². The van der Waals surface area contributed by atoms with Crippen molar-refractivity contribution in [1.82, 2.24) is 9.88 Å².